The highest BCUT2D eigenvalue weighted by atomic mass is 16.7. The molecular formula is C51H58N4O13. The standard InChI is InChI=1S/C51H58N4O13/c1-5-27-64-51-46(54(2)50(59)67-36-19-17-35(18-20-36)55(60)61)31-43(53-65-32-33-13-7-6-8-14-33)40-28-34(15-9-11-25-56)39(16-10-12-26-57)47(48(40)51)41-29-38(22-24-44(41)68-51)66-49(58)52-42-23-21-37(62-3)30-45(42)63-4/h5-8,13-14,17-24,28-30,34,39,46-48,56-57H,1,9-12,15-16,25-27,31-32H2,2-4H3,(H,52,58)/t34-,39+,46-,47+,48+,51+/m0/s1. The number of allylic oxidation sites excluding steroid dienone is 1. The third-order valence-corrected chi connectivity index (χ3v) is 12.8. The summed E-state index contributed by atoms with van der Waals surface area (Å²) in [5.41, 5.74) is 3.19. The summed E-state index contributed by atoms with van der Waals surface area (Å²) in [6.07, 6.45) is 6.35. The first-order chi connectivity index (χ1) is 33.0. The lowest BCUT2D eigenvalue weighted by molar-refractivity contribution is -0.384. The van der Waals surface area contributed by atoms with Crippen LogP contribution in [0.15, 0.2) is 120 Å². The number of aliphatic hydroxyl groups excluding tert-OH is 2. The van der Waals surface area contributed by atoms with E-state index in [0.29, 0.717) is 54.3 Å². The summed E-state index contributed by atoms with van der Waals surface area (Å²) in [5, 5.41) is 38.9. The Balaban J connectivity index is 1.36. The second-order valence-electron chi connectivity index (χ2n) is 16.8. The molecule has 1 fully saturated rings. The summed E-state index contributed by atoms with van der Waals surface area (Å²) in [5.74, 6) is -1.19. The van der Waals surface area contributed by atoms with Gasteiger partial charge in [0.25, 0.3) is 5.69 Å². The van der Waals surface area contributed by atoms with Crippen LogP contribution in [-0.2, 0) is 16.2 Å². The number of unbranched alkanes of at least 4 members (excludes halogenated alkanes) is 2. The SMILES string of the molecule is C=CCO[C@@]12Oc3ccc(OC(=O)Nc4ccc(OC)cc4OC)cc3[C@H]3[C@H](CCCCO)[C@@H](CCCCO)C=C(C(=NOCc4ccccc4)C[C@@H]1N(C)C(=O)Oc1ccc([N+](=O)[O-])cc1)[C@H]32. The molecule has 1 saturated carbocycles. The number of hydrogen-bond acceptors (Lipinski definition) is 14. The first kappa shape index (κ1) is 49.0. The zero-order chi connectivity index (χ0) is 48.2. The molecule has 0 aromatic heterocycles. The molecule has 17 nitrogen and oxygen atoms in total. The quantitative estimate of drug-likeness (QED) is 0.0308. The van der Waals surface area contributed by atoms with Gasteiger partial charge in [-0.3, -0.25) is 15.4 Å². The zero-order valence-corrected chi connectivity index (χ0v) is 38.4. The Labute approximate surface area is 395 Å². The van der Waals surface area contributed by atoms with Crippen molar-refractivity contribution in [3.05, 3.63) is 137 Å². The molecule has 1 heterocycles. The summed E-state index contributed by atoms with van der Waals surface area (Å²) < 4.78 is 36.7. The number of likely N-dealkylation sites (N-methyl/N-ethyl adjacent to an activating group) is 1. The van der Waals surface area contributed by atoms with Crippen molar-refractivity contribution in [2.24, 2.45) is 22.9 Å². The molecule has 68 heavy (non-hydrogen) atoms. The lowest BCUT2D eigenvalue weighted by Crippen LogP contribution is -2.69. The molecule has 7 rings (SSSR count). The van der Waals surface area contributed by atoms with Gasteiger partial charge in [0.2, 0.25) is 5.79 Å². The van der Waals surface area contributed by atoms with Gasteiger partial charge in [-0.2, -0.15) is 0 Å². The smallest absolute Gasteiger partial charge is 0.417 e. The lowest BCUT2D eigenvalue weighted by Gasteiger charge is -2.59. The number of nitrogens with zero attached hydrogens (tertiary/aromatic N) is 3. The lowest BCUT2D eigenvalue weighted by atomic mass is 9.55. The van der Waals surface area contributed by atoms with Gasteiger partial charge in [-0.25, -0.2) is 9.59 Å². The molecule has 2 aliphatic carbocycles. The number of fused-ring (bicyclic) bond motifs is 2. The van der Waals surface area contributed by atoms with Crippen LogP contribution in [0.3, 0.4) is 0 Å². The van der Waals surface area contributed by atoms with E-state index in [-0.39, 0.29) is 61.9 Å². The number of nitro groups is 1. The molecule has 360 valence electrons. The van der Waals surface area contributed by atoms with Crippen LogP contribution in [0, 0.1) is 27.9 Å². The third-order valence-electron chi connectivity index (χ3n) is 12.8. The molecule has 0 radical (unpaired) electrons. The highest BCUT2D eigenvalue weighted by molar-refractivity contribution is 6.03. The van der Waals surface area contributed by atoms with Gasteiger partial charge < -0.3 is 48.4 Å². The first-order valence-corrected chi connectivity index (χ1v) is 22.7. The van der Waals surface area contributed by atoms with E-state index in [0.717, 1.165) is 29.5 Å². The van der Waals surface area contributed by atoms with Gasteiger partial charge in [0, 0.05) is 56.4 Å². The molecule has 3 aliphatic rings. The number of aliphatic hydroxyl groups is 2. The van der Waals surface area contributed by atoms with Crippen LogP contribution >= 0.6 is 0 Å². The van der Waals surface area contributed by atoms with E-state index >= 15 is 0 Å². The van der Waals surface area contributed by atoms with Gasteiger partial charge in [-0.15, -0.1) is 6.58 Å². The first-order valence-electron chi connectivity index (χ1n) is 22.7. The van der Waals surface area contributed by atoms with Crippen molar-refractivity contribution < 1.29 is 58.0 Å². The number of oxime groups is 1. The summed E-state index contributed by atoms with van der Waals surface area (Å²) in [7, 11) is 4.59. The number of rotatable bonds is 21. The number of hydrogen-bond donors (Lipinski definition) is 3. The van der Waals surface area contributed by atoms with Crippen molar-refractivity contribution in [3.8, 4) is 28.7 Å². The predicted molar refractivity (Wildman–Crippen MR) is 252 cm³/mol. The number of anilines is 1. The van der Waals surface area contributed by atoms with Gasteiger partial charge in [-0.1, -0.05) is 60.5 Å². The van der Waals surface area contributed by atoms with E-state index in [4.69, 9.17) is 38.4 Å². The summed E-state index contributed by atoms with van der Waals surface area (Å²) in [6, 6.07) is 24.0. The van der Waals surface area contributed by atoms with Crippen LogP contribution in [0.5, 0.6) is 28.7 Å². The average molecular weight is 935 g/mol. The Bertz CT molecular complexity index is 2460. The van der Waals surface area contributed by atoms with Gasteiger partial charge in [0.1, 0.15) is 41.4 Å². The van der Waals surface area contributed by atoms with Crippen LogP contribution < -0.4 is 29.0 Å². The van der Waals surface area contributed by atoms with E-state index in [1.165, 1.54) is 43.4 Å². The van der Waals surface area contributed by atoms with E-state index in [2.05, 4.69) is 18.0 Å². The number of ether oxygens (including phenoxy) is 6. The maximum atomic E-state index is 14.3. The van der Waals surface area contributed by atoms with Crippen molar-refractivity contribution in [2.45, 2.75) is 69.3 Å². The number of carbonyl (C=O) groups excluding carboxylic acids is 2. The molecule has 6 atom stereocenters. The van der Waals surface area contributed by atoms with Gasteiger partial charge in [0.15, 0.2) is 0 Å². The van der Waals surface area contributed by atoms with Crippen molar-refractivity contribution in [1.82, 2.24) is 4.90 Å². The fraction of sp³-hybridized carbons (Fsp3) is 0.392. The molecule has 17 heteroatoms. The Morgan fingerprint density at radius 3 is 2.34 bits per heavy atom. The number of carbonyl (C=O) groups is 2. The monoisotopic (exact) mass is 934 g/mol. The van der Waals surface area contributed by atoms with Crippen LogP contribution in [-0.4, -0.2) is 90.9 Å². The van der Waals surface area contributed by atoms with E-state index in [1.54, 1.807) is 49.5 Å². The van der Waals surface area contributed by atoms with Crippen molar-refractivity contribution >= 4 is 29.3 Å². The van der Waals surface area contributed by atoms with Gasteiger partial charge in [-0.05, 0) is 91.1 Å². The summed E-state index contributed by atoms with van der Waals surface area (Å²) in [4.78, 5) is 46.3. The molecule has 0 saturated heterocycles. The van der Waals surface area contributed by atoms with Crippen LogP contribution in [0.25, 0.3) is 0 Å². The highest BCUT2D eigenvalue weighted by Crippen LogP contribution is 2.62. The zero-order valence-electron chi connectivity index (χ0n) is 38.4. The fourth-order valence-corrected chi connectivity index (χ4v) is 9.63. The summed E-state index contributed by atoms with van der Waals surface area (Å²) >= 11 is 0. The topological polar surface area (TPSA) is 210 Å². The van der Waals surface area contributed by atoms with Crippen molar-refractivity contribution in [3.63, 3.8) is 0 Å². The Kier molecular flexibility index (Phi) is 16.3. The minimum atomic E-state index is -1.60. The average Bonchev–Trinajstić information content (AvgIpc) is 3.35. The number of methoxy groups -OCH3 is 2. The number of nitrogens with one attached hydrogen (secondary N) is 1. The number of nitro benzene ring substituents is 1. The molecule has 4 aromatic rings. The Morgan fingerprint density at radius 1 is 0.926 bits per heavy atom. The predicted octanol–water partition coefficient (Wildman–Crippen LogP) is 9.19. The normalized spacial score (nSPS) is 21.8. The van der Waals surface area contributed by atoms with Crippen molar-refractivity contribution in [1.29, 1.82) is 0 Å². The minimum Gasteiger partial charge on any atom is -0.497 e. The summed E-state index contributed by atoms with van der Waals surface area (Å²) in [6.45, 7) is 4.20. The second-order valence-corrected chi connectivity index (χ2v) is 16.8. The van der Waals surface area contributed by atoms with E-state index in [1.807, 2.05) is 30.3 Å². The van der Waals surface area contributed by atoms with Gasteiger partial charge in [0.05, 0.1) is 43.1 Å². The Morgan fingerprint density at radius 2 is 1.65 bits per heavy atom. The second kappa shape index (κ2) is 22.7. The largest absolute Gasteiger partial charge is 0.497 e. The van der Waals surface area contributed by atoms with Gasteiger partial charge >= 0.3 is 12.2 Å². The molecule has 4 aromatic carbocycles. The molecule has 2 amide bonds. The minimum absolute atomic E-state index is 0.00848. The molecular weight excluding hydrogens is 877 g/mol. The molecule has 3 N–H and O–H groups in total. The number of amides is 2. The molecule has 0 bridgehead atoms. The van der Waals surface area contributed by atoms with Crippen molar-refractivity contribution in [2.75, 3.05) is 46.4 Å². The maximum Gasteiger partial charge on any atom is 0.417 e. The molecule has 0 spiro atoms. The number of non-ortho nitro benzene ring substituents is 1. The van der Waals surface area contributed by atoms with E-state index in [9.17, 15) is 29.9 Å². The van der Waals surface area contributed by atoms with E-state index < -0.39 is 40.8 Å². The molecule has 0 unspecified atom stereocenters. The highest BCUT2D eigenvalue weighted by Gasteiger charge is 2.65. The Hall–Kier alpha value is -6.95. The van der Waals surface area contributed by atoms with Crippen LogP contribution in [0.2, 0.25) is 0 Å². The molecule has 1 aliphatic heterocycles. The number of benzene rings is 4. The maximum absolute atomic E-state index is 14.3. The fourth-order valence-electron chi connectivity index (χ4n) is 9.63. The van der Waals surface area contributed by atoms with Crippen LogP contribution in [0.1, 0.15) is 62.0 Å². The van der Waals surface area contributed by atoms with Crippen LogP contribution in [0.4, 0.5) is 21.0 Å². The third kappa shape index (κ3) is 10.9.